The Balaban J connectivity index is 2.20. The van der Waals surface area contributed by atoms with Crippen molar-refractivity contribution in [1.82, 2.24) is 0 Å². The minimum Gasteiger partial charge on any atom is -0.113 e. The quantitative estimate of drug-likeness (QED) is 0.594. The highest BCUT2D eigenvalue weighted by molar-refractivity contribution is 6.22. The monoisotopic (exact) mass is 286 g/mol. The van der Waals surface area contributed by atoms with Crippen molar-refractivity contribution < 1.29 is 0 Å². The number of unbranched alkanes of at least 4 members (excludes halogenated alkanes) is 1. The molecule has 106 valence electrons. The van der Waals surface area contributed by atoms with Crippen molar-refractivity contribution in [2.45, 2.75) is 45.4 Å². The van der Waals surface area contributed by atoms with E-state index in [1.807, 2.05) is 0 Å². The largest absolute Gasteiger partial charge is 0.113 e. The molecule has 0 radical (unpaired) electrons. The normalized spacial score (nSPS) is 12.4. The first kappa shape index (κ1) is 15.1. The Morgan fingerprint density at radius 1 is 1.00 bits per heavy atom. The Morgan fingerprint density at radius 2 is 1.70 bits per heavy atom. The summed E-state index contributed by atoms with van der Waals surface area (Å²) in [5.41, 5.74) is 6.32. The molecule has 0 saturated heterocycles. The van der Waals surface area contributed by atoms with Gasteiger partial charge in [0.2, 0.25) is 0 Å². The van der Waals surface area contributed by atoms with Crippen molar-refractivity contribution in [3.05, 3.63) is 70.3 Å². The SMILES string of the molecule is CCCCc1ccc(C(Cl)c2cc(C)ccc2C)cc1. The number of benzene rings is 2. The lowest BCUT2D eigenvalue weighted by atomic mass is 9.97. The van der Waals surface area contributed by atoms with E-state index >= 15 is 0 Å². The van der Waals surface area contributed by atoms with Gasteiger partial charge in [0.05, 0.1) is 5.38 Å². The standard InChI is InChI=1S/C19H23Cl/c1-4-5-6-16-9-11-17(12-10-16)19(20)18-13-14(2)7-8-15(18)3/h7-13,19H,4-6H2,1-3H3. The summed E-state index contributed by atoms with van der Waals surface area (Å²) in [5.74, 6) is 0. The van der Waals surface area contributed by atoms with Gasteiger partial charge >= 0.3 is 0 Å². The molecule has 0 fully saturated rings. The van der Waals surface area contributed by atoms with Gasteiger partial charge in [-0.15, -0.1) is 11.6 Å². The van der Waals surface area contributed by atoms with Gasteiger partial charge in [-0.25, -0.2) is 0 Å². The van der Waals surface area contributed by atoms with Gasteiger partial charge in [0.25, 0.3) is 0 Å². The van der Waals surface area contributed by atoms with Gasteiger partial charge in [-0.2, -0.15) is 0 Å². The van der Waals surface area contributed by atoms with Crippen LogP contribution in [0, 0.1) is 13.8 Å². The van der Waals surface area contributed by atoms with Crippen LogP contribution in [-0.2, 0) is 6.42 Å². The van der Waals surface area contributed by atoms with E-state index in [1.54, 1.807) is 0 Å². The Morgan fingerprint density at radius 3 is 2.35 bits per heavy atom. The van der Waals surface area contributed by atoms with E-state index in [0.717, 1.165) is 6.42 Å². The molecule has 1 heteroatoms. The van der Waals surface area contributed by atoms with Gasteiger partial charge in [-0.1, -0.05) is 61.4 Å². The third-order valence-electron chi connectivity index (χ3n) is 3.80. The minimum atomic E-state index is -0.0601. The molecule has 20 heavy (non-hydrogen) atoms. The summed E-state index contributed by atoms with van der Waals surface area (Å²) in [4.78, 5) is 0. The average Bonchev–Trinajstić information content (AvgIpc) is 2.47. The average molecular weight is 287 g/mol. The maximum absolute atomic E-state index is 6.67. The Labute approximate surface area is 127 Å². The first-order valence-corrected chi connectivity index (χ1v) is 7.85. The van der Waals surface area contributed by atoms with Gasteiger partial charge in [0, 0.05) is 0 Å². The van der Waals surface area contributed by atoms with Gasteiger partial charge in [0.15, 0.2) is 0 Å². The molecule has 0 nitrogen and oxygen atoms in total. The van der Waals surface area contributed by atoms with Crippen LogP contribution in [0.15, 0.2) is 42.5 Å². The molecule has 0 aliphatic heterocycles. The maximum atomic E-state index is 6.67. The fraction of sp³-hybridized carbons (Fsp3) is 0.368. The van der Waals surface area contributed by atoms with E-state index in [1.165, 1.54) is 40.7 Å². The lowest BCUT2D eigenvalue weighted by Crippen LogP contribution is -1.97. The summed E-state index contributed by atoms with van der Waals surface area (Å²) in [6.07, 6.45) is 3.65. The number of alkyl halides is 1. The summed E-state index contributed by atoms with van der Waals surface area (Å²) in [7, 11) is 0. The first-order chi connectivity index (χ1) is 9.61. The smallest absolute Gasteiger partial charge is 0.0838 e. The molecule has 0 saturated carbocycles. The topological polar surface area (TPSA) is 0 Å². The lowest BCUT2D eigenvalue weighted by Gasteiger charge is -2.14. The van der Waals surface area contributed by atoms with Crippen LogP contribution in [0.1, 0.15) is 53.0 Å². The molecule has 2 aromatic rings. The zero-order chi connectivity index (χ0) is 14.5. The first-order valence-electron chi connectivity index (χ1n) is 7.42. The fourth-order valence-electron chi connectivity index (χ4n) is 2.45. The van der Waals surface area contributed by atoms with Crippen molar-refractivity contribution >= 4 is 11.6 Å². The summed E-state index contributed by atoms with van der Waals surface area (Å²) in [5, 5.41) is -0.0601. The molecule has 1 atom stereocenters. The van der Waals surface area contributed by atoms with Crippen LogP contribution in [-0.4, -0.2) is 0 Å². The van der Waals surface area contributed by atoms with Gasteiger partial charge in [0.1, 0.15) is 0 Å². The highest BCUT2D eigenvalue weighted by Crippen LogP contribution is 2.31. The van der Waals surface area contributed by atoms with E-state index in [2.05, 4.69) is 63.2 Å². The van der Waals surface area contributed by atoms with Crippen molar-refractivity contribution in [2.24, 2.45) is 0 Å². The molecule has 0 aliphatic rings. The van der Waals surface area contributed by atoms with Crippen LogP contribution in [0.2, 0.25) is 0 Å². The molecular formula is C19H23Cl. The maximum Gasteiger partial charge on any atom is 0.0838 e. The Kier molecular flexibility index (Phi) is 5.25. The molecule has 2 aromatic carbocycles. The number of rotatable bonds is 5. The second kappa shape index (κ2) is 6.95. The predicted octanol–water partition coefficient (Wildman–Crippen LogP) is 5.97. The summed E-state index contributed by atoms with van der Waals surface area (Å²) in [6.45, 7) is 6.46. The van der Waals surface area contributed by atoms with Gasteiger partial charge in [-0.3, -0.25) is 0 Å². The minimum absolute atomic E-state index is 0.0601. The number of hydrogen-bond acceptors (Lipinski definition) is 0. The Bertz CT molecular complexity index is 554. The van der Waals surface area contributed by atoms with Crippen LogP contribution in [0.4, 0.5) is 0 Å². The van der Waals surface area contributed by atoms with Crippen molar-refractivity contribution in [1.29, 1.82) is 0 Å². The fourth-order valence-corrected chi connectivity index (χ4v) is 2.83. The molecule has 0 aliphatic carbocycles. The van der Waals surface area contributed by atoms with Gasteiger partial charge in [-0.05, 0) is 48.9 Å². The summed E-state index contributed by atoms with van der Waals surface area (Å²) < 4.78 is 0. The number of aryl methyl sites for hydroxylation is 3. The molecule has 0 bridgehead atoms. The second-order valence-electron chi connectivity index (χ2n) is 5.57. The molecule has 0 N–H and O–H groups in total. The van der Waals surface area contributed by atoms with Crippen LogP contribution in [0.3, 0.4) is 0 Å². The molecule has 0 aromatic heterocycles. The highest BCUT2D eigenvalue weighted by atomic mass is 35.5. The molecular weight excluding hydrogens is 264 g/mol. The zero-order valence-electron chi connectivity index (χ0n) is 12.6. The Hall–Kier alpha value is -1.27. The molecule has 0 spiro atoms. The highest BCUT2D eigenvalue weighted by Gasteiger charge is 2.13. The lowest BCUT2D eigenvalue weighted by molar-refractivity contribution is 0.794. The summed E-state index contributed by atoms with van der Waals surface area (Å²) in [6, 6.07) is 15.2. The van der Waals surface area contributed by atoms with Crippen LogP contribution in [0.25, 0.3) is 0 Å². The number of halogens is 1. The van der Waals surface area contributed by atoms with E-state index in [0.29, 0.717) is 0 Å². The molecule has 2 rings (SSSR count). The third-order valence-corrected chi connectivity index (χ3v) is 4.29. The summed E-state index contributed by atoms with van der Waals surface area (Å²) >= 11 is 6.67. The second-order valence-corrected chi connectivity index (χ2v) is 6.00. The third kappa shape index (κ3) is 3.64. The molecule has 0 heterocycles. The van der Waals surface area contributed by atoms with Crippen molar-refractivity contribution in [3.8, 4) is 0 Å². The van der Waals surface area contributed by atoms with Crippen molar-refractivity contribution in [3.63, 3.8) is 0 Å². The molecule has 0 amide bonds. The van der Waals surface area contributed by atoms with Crippen LogP contribution < -0.4 is 0 Å². The van der Waals surface area contributed by atoms with Crippen LogP contribution in [0.5, 0.6) is 0 Å². The molecule has 1 unspecified atom stereocenters. The zero-order valence-corrected chi connectivity index (χ0v) is 13.4. The van der Waals surface area contributed by atoms with E-state index < -0.39 is 0 Å². The van der Waals surface area contributed by atoms with E-state index in [4.69, 9.17) is 11.6 Å². The number of hydrogen-bond donors (Lipinski definition) is 0. The van der Waals surface area contributed by atoms with E-state index in [9.17, 15) is 0 Å². The van der Waals surface area contributed by atoms with Crippen LogP contribution >= 0.6 is 11.6 Å². The van der Waals surface area contributed by atoms with Gasteiger partial charge < -0.3 is 0 Å². The van der Waals surface area contributed by atoms with Crippen molar-refractivity contribution in [2.75, 3.05) is 0 Å². The predicted molar refractivity (Wildman–Crippen MR) is 88.7 cm³/mol. The van der Waals surface area contributed by atoms with E-state index in [-0.39, 0.29) is 5.38 Å².